The lowest BCUT2D eigenvalue weighted by Crippen LogP contribution is -2.47. The molecule has 1 aliphatic heterocycles. The second-order valence-corrected chi connectivity index (χ2v) is 4.66. The number of carbonyl (C=O) groups is 3. The van der Waals surface area contributed by atoms with Gasteiger partial charge in [0.2, 0.25) is 5.91 Å². The Hall–Kier alpha value is -2.70. The molecule has 1 unspecified atom stereocenters. The number of rotatable bonds is 4. The molecule has 0 spiro atoms. The Morgan fingerprint density at radius 1 is 1.43 bits per heavy atom. The zero-order valence-corrected chi connectivity index (χ0v) is 11.2. The summed E-state index contributed by atoms with van der Waals surface area (Å²) in [5.41, 5.74) is 0.846. The molecule has 2 heterocycles. The average Bonchev–Trinajstić information content (AvgIpc) is 2.48. The second kappa shape index (κ2) is 6.65. The number of hydrogen-bond donors (Lipinski definition) is 3. The van der Waals surface area contributed by atoms with Crippen molar-refractivity contribution in [1.82, 2.24) is 15.6 Å². The first-order valence-corrected chi connectivity index (χ1v) is 6.49. The monoisotopic (exact) mass is 289 g/mol. The maximum Gasteiger partial charge on any atom is 0.328 e. The van der Waals surface area contributed by atoms with Crippen molar-refractivity contribution < 1.29 is 19.5 Å². The molecule has 0 aromatic carbocycles. The number of piperidine rings is 1. The standard InChI is InChI=1S/C14H15N3O4/c18-12-5-3-10(8-16-12)17-14(21)11-4-1-9(7-15-11)2-6-13(19)20/h1-2,4,6-7,10H,3,5,8H2,(H,16,18)(H,17,21)(H,19,20). The van der Waals surface area contributed by atoms with Gasteiger partial charge >= 0.3 is 5.97 Å². The predicted octanol–water partition coefficient (Wildman–Crippen LogP) is 0.188. The third-order valence-electron chi connectivity index (χ3n) is 3.04. The highest BCUT2D eigenvalue weighted by atomic mass is 16.4. The van der Waals surface area contributed by atoms with Gasteiger partial charge in [0.1, 0.15) is 5.69 Å². The zero-order chi connectivity index (χ0) is 15.2. The van der Waals surface area contributed by atoms with Gasteiger partial charge in [-0.3, -0.25) is 14.6 Å². The first-order valence-electron chi connectivity index (χ1n) is 6.49. The zero-order valence-electron chi connectivity index (χ0n) is 11.2. The van der Waals surface area contributed by atoms with Crippen LogP contribution in [-0.4, -0.2) is 40.5 Å². The molecule has 0 radical (unpaired) electrons. The van der Waals surface area contributed by atoms with Gasteiger partial charge in [0.15, 0.2) is 0 Å². The Kier molecular flexibility index (Phi) is 4.65. The molecular weight excluding hydrogens is 274 g/mol. The quantitative estimate of drug-likeness (QED) is 0.686. The molecule has 1 fully saturated rings. The van der Waals surface area contributed by atoms with E-state index in [0.717, 1.165) is 6.08 Å². The summed E-state index contributed by atoms with van der Waals surface area (Å²) in [6.45, 7) is 0.421. The van der Waals surface area contributed by atoms with Crippen molar-refractivity contribution in [2.75, 3.05) is 6.54 Å². The average molecular weight is 289 g/mol. The fourth-order valence-corrected chi connectivity index (χ4v) is 1.92. The highest BCUT2D eigenvalue weighted by molar-refractivity contribution is 5.93. The number of aromatic nitrogens is 1. The number of aliphatic carboxylic acids is 1. The van der Waals surface area contributed by atoms with Gasteiger partial charge in [0.25, 0.3) is 5.91 Å². The Morgan fingerprint density at radius 2 is 2.24 bits per heavy atom. The minimum absolute atomic E-state index is 0.00630. The van der Waals surface area contributed by atoms with Crippen LogP contribution in [0.25, 0.3) is 6.08 Å². The van der Waals surface area contributed by atoms with Crippen LogP contribution in [0.4, 0.5) is 0 Å². The first kappa shape index (κ1) is 14.7. The van der Waals surface area contributed by atoms with E-state index >= 15 is 0 Å². The number of carboxylic acid groups (broad SMARTS) is 1. The Labute approximate surface area is 121 Å². The summed E-state index contributed by atoms with van der Waals surface area (Å²) >= 11 is 0. The van der Waals surface area contributed by atoms with Crippen molar-refractivity contribution >= 4 is 23.9 Å². The number of nitrogens with zero attached hydrogens (tertiary/aromatic N) is 1. The third kappa shape index (κ3) is 4.41. The van der Waals surface area contributed by atoms with Gasteiger partial charge in [-0.15, -0.1) is 0 Å². The van der Waals surface area contributed by atoms with Gasteiger partial charge in [-0.1, -0.05) is 6.07 Å². The lowest BCUT2D eigenvalue weighted by Gasteiger charge is -2.23. The van der Waals surface area contributed by atoms with Crippen LogP contribution in [0.1, 0.15) is 28.9 Å². The van der Waals surface area contributed by atoms with Crippen LogP contribution in [0.3, 0.4) is 0 Å². The lowest BCUT2D eigenvalue weighted by atomic mass is 10.1. The van der Waals surface area contributed by atoms with Crippen LogP contribution in [0.2, 0.25) is 0 Å². The molecular formula is C14H15N3O4. The van der Waals surface area contributed by atoms with Crippen molar-refractivity contribution in [1.29, 1.82) is 0 Å². The van der Waals surface area contributed by atoms with Crippen molar-refractivity contribution in [2.45, 2.75) is 18.9 Å². The Balaban J connectivity index is 1.93. The maximum atomic E-state index is 12.0. The van der Waals surface area contributed by atoms with E-state index in [9.17, 15) is 14.4 Å². The van der Waals surface area contributed by atoms with Crippen LogP contribution in [0.5, 0.6) is 0 Å². The number of pyridine rings is 1. The van der Waals surface area contributed by atoms with Gasteiger partial charge in [-0.2, -0.15) is 0 Å². The highest BCUT2D eigenvalue weighted by Gasteiger charge is 2.20. The molecule has 7 heteroatoms. The highest BCUT2D eigenvalue weighted by Crippen LogP contribution is 2.06. The molecule has 0 saturated carbocycles. The fourth-order valence-electron chi connectivity index (χ4n) is 1.92. The second-order valence-electron chi connectivity index (χ2n) is 4.66. The molecule has 1 aromatic rings. The number of nitrogens with one attached hydrogen (secondary N) is 2. The van der Waals surface area contributed by atoms with Crippen LogP contribution in [-0.2, 0) is 9.59 Å². The van der Waals surface area contributed by atoms with Gasteiger partial charge in [-0.05, 0) is 24.1 Å². The molecule has 7 nitrogen and oxygen atoms in total. The SMILES string of the molecule is O=C(O)C=Cc1ccc(C(=O)NC2CCC(=O)NC2)nc1. The third-order valence-corrected chi connectivity index (χ3v) is 3.04. The molecule has 0 aliphatic carbocycles. The first-order chi connectivity index (χ1) is 10.0. The molecule has 21 heavy (non-hydrogen) atoms. The minimum Gasteiger partial charge on any atom is -0.478 e. The molecule has 0 bridgehead atoms. The van der Waals surface area contributed by atoms with E-state index in [1.54, 1.807) is 6.07 Å². The van der Waals surface area contributed by atoms with Crippen LogP contribution in [0, 0.1) is 0 Å². The maximum absolute atomic E-state index is 12.0. The fraction of sp³-hybridized carbons (Fsp3) is 0.286. The molecule has 1 aromatic heterocycles. The van der Waals surface area contributed by atoms with Crippen LogP contribution < -0.4 is 10.6 Å². The van der Waals surface area contributed by atoms with E-state index in [1.165, 1.54) is 18.3 Å². The summed E-state index contributed by atoms with van der Waals surface area (Å²) in [6.07, 6.45) is 4.83. The van der Waals surface area contributed by atoms with Crippen molar-refractivity contribution in [2.24, 2.45) is 0 Å². The smallest absolute Gasteiger partial charge is 0.328 e. The number of carboxylic acids is 1. The number of carbonyl (C=O) groups excluding carboxylic acids is 2. The summed E-state index contributed by atoms with van der Waals surface area (Å²) in [4.78, 5) is 37.4. The van der Waals surface area contributed by atoms with Crippen molar-refractivity contribution in [3.8, 4) is 0 Å². The molecule has 1 saturated heterocycles. The molecule has 1 atom stereocenters. The topological polar surface area (TPSA) is 108 Å². The van der Waals surface area contributed by atoms with Gasteiger partial charge in [0.05, 0.1) is 0 Å². The molecule has 2 rings (SSSR count). The molecule has 1 aliphatic rings. The van der Waals surface area contributed by atoms with E-state index < -0.39 is 5.97 Å². The Morgan fingerprint density at radius 3 is 2.81 bits per heavy atom. The molecule has 2 amide bonds. The normalized spacial score (nSPS) is 18.3. The Bertz CT molecular complexity index is 570. The number of hydrogen-bond acceptors (Lipinski definition) is 4. The largest absolute Gasteiger partial charge is 0.478 e. The van der Waals surface area contributed by atoms with Crippen molar-refractivity contribution in [3.63, 3.8) is 0 Å². The summed E-state index contributed by atoms with van der Waals surface area (Å²) in [5, 5.41) is 14.0. The van der Waals surface area contributed by atoms with Crippen LogP contribution >= 0.6 is 0 Å². The lowest BCUT2D eigenvalue weighted by molar-refractivity contribution is -0.131. The predicted molar refractivity (Wildman–Crippen MR) is 74.4 cm³/mol. The summed E-state index contributed by atoms with van der Waals surface area (Å²) in [6, 6.07) is 3.05. The van der Waals surface area contributed by atoms with E-state index in [4.69, 9.17) is 5.11 Å². The van der Waals surface area contributed by atoms with E-state index in [0.29, 0.717) is 24.9 Å². The van der Waals surface area contributed by atoms with E-state index in [-0.39, 0.29) is 23.6 Å². The van der Waals surface area contributed by atoms with E-state index in [2.05, 4.69) is 15.6 Å². The van der Waals surface area contributed by atoms with Gasteiger partial charge < -0.3 is 15.7 Å². The van der Waals surface area contributed by atoms with E-state index in [1.807, 2.05) is 0 Å². The molecule has 3 N–H and O–H groups in total. The molecule has 110 valence electrons. The van der Waals surface area contributed by atoms with Gasteiger partial charge in [-0.25, -0.2) is 4.79 Å². The van der Waals surface area contributed by atoms with Crippen molar-refractivity contribution in [3.05, 3.63) is 35.7 Å². The summed E-state index contributed by atoms with van der Waals surface area (Å²) in [5.74, 6) is -1.37. The van der Waals surface area contributed by atoms with Crippen LogP contribution in [0.15, 0.2) is 24.4 Å². The van der Waals surface area contributed by atoms with Gasteiger partial charge in [0, 0.05) is 31.3 Å². The summed E-state index contributed by atoms with van der Waals surface area (Å²) < 4.78 is 0. The summed E-state index contributed by atoms with van der Waals surface area (Å²) in [7, 11) is 0. The minimum atomic E-state index is -1.05. The number of amides is 2.